The predicted octanol–water partition coefficient (Wildman–Crippen LogP) is 2.27. The number of carbonyl (C=O) groups excluding carboxylic acids is 2. The molecular formula is C18H25NO5. The molecule has 1 amide bonds. The number of benzene rings is 1. The van der Waals surface area contributed by atoms with Crippen molar-refractivity contribution in [2.75, 3.05) is 33.4 Å². The number of hydrogen-bond donors (Lipinski definition) is 0. The number of rotatable bonds is 10. The minimum Gasteiger partial charge on any atom is -0.497 e. The summed E-state index contributed by atoms with van der Waals surface area (Å²) in [4.78, 5) is 25.5. The van der Waals surface area contributed by atoms with E-state index in [1.807, 2.05) is 24.3 Å². The Balaban J connectivity index is 1.80. The zero-order valence-electron chi connectivity index (χ0n) is 14.3. The van der Waals surface area contributed by atoms with Crippen LogP contribution in [0.1, 0.15) is 26.2 Å². The van der Waals surface area contributed by atoms with Crippen LogP contribution in [0.15, 0.2) is 24.3 Å². The van der Waals surface area contributed by atoms with Gasteiger partial charge in [0.05, 0.1) is 26.7 Å². The third kappa shape index (κ3) is 5.76. The summed E-state index contributed by atoms with van der Waals surface area (Å²) in [6, 6.07) is 7.29. The highest BCUT2D eigenvalue weighted by atomic mass is 16.5. The number of hydrogen-bond acceptors (Lipinski definition) is 5. The average molecular weight is 335 g/mol. The summed E-state index contributed by atoms with van der Waals surface area (Å²) >= 11 is 0. The number of carbonyl (C=O) groups is 2. The molecule has 24 heavy (non-hydrogen) atoms. The van der Waals surface area contributed by atoms with E-state index in [2.05, 4.69) is 0 Å². The van der Waals surface area contributed by atoms with Crippen LogP contribution in [0.3, 0.4) is 0 Å². The van der Waals surface area contributed by atoms with E-state index < -0.39 is 0 Å². The molecule has 6 heteroatoms. The molecule has 0 aromatic heterocycles. The second-order valence-corrected chi connectivity index (χ2v) is 5.68. The normalized spacial score (nSPS) is 13.2. The minimum atomic E-state index is -0.276. The third-order valence-corrected chi connectivity index (χ3v) is 3.82. The maximum absolute atomic E-state index is 12.3. The molecule has 1 aromatic carbocycles. The van der Waals surface area contributed by atoms with E-state index in [9.17, 15) is 9.59 Å². The van der Waals surface area contributed by atoms with E-state index in [0.29, 0.717) is 26.3 Å². The first kappa shape index (κ1) is 18.1. The lowest BCUT2D eigenvalue weighted by molar-refractivity contribution is -0.144. The largest absolute Gasteiger partial charge is 0.497 e. The van der Waals surface area contributed by atoms with E-state index >= 15 is 0 Å². The van der Waals surface area contributed by atoms with Gasteiger partial charge in [-0.1, -0.05) is 0 Å². The van der Waals surface area contributed by atoms with E-state index in [1.54, 1.807) is 18.9 Å². The van der Waals surface area contributed by atoms with Crippen molar-refractivity contribution >= 4 is 11.9 Å². The quantitative estimate of drug-likeness (QED) is 0.614. The van der Waals surface area contributed by atoms with Gasteiger partial charge in [0, 0.05) is 12.5 Å². The van der Waals surface area contributed by atoms with Gasteiger partial charge in [0.2, 0.25) is 5.91 Å². The average Bonchev–Trinajstić information content (AvgIpc) is 3.43. The second kappa shape index (κ2) is 9.15. The number of methoxy groups -OCH3 is 1. The fourth-order valence-electron chi connectivity index (χ4n) is 2.33. The molecule has 1 aromatic rings. The van der Waals surface area contributed by atoms with Crippen LogP contribution in [0.2, 0.25) is 0 Å². The van der Waals surface area contributed by atoms with Crippen molar-refractivity contribution < 1.29 is 23.8 Å². The van der Waals surface area contributed by atoms with Crippen molar-refractivity contribution in [3.05, 3.63) is 24.3 Å². The molecule has 0 bridgehead atoms. The third-order valence-electron chi connectivity index (χ3n) is 3.82. The molecule has 1 aliphatic rings. The molecule has 0 N–H and O–H groups in total. The van der Waals surface area contributed by atoms with Gasteiger partial charge in [-0.15, -0.1) is 0 Å². The summed E-state index contributed by atoms with van der Waals surface area (Å²) in [5.74, 6) is 1.44. The maximum Gasteiger partial charge on any atom is 0.307 e. The Hall–Kier alpha value is -2.24. The Morgan fingerprint density at radius 3 is 2.38 bits per heavy atom. The van der Waals surface area contributed by atoms with Gasteiger partial charge in [-0.05, 0) is 44.0 Å². The smallest absolute Gasteiger partial charge is 0.307 e. The zero-order chi connectivity index (χ0) is 17.4. The van der Waals surface area contributed by atoms with Crippen molar-refractivity contribution in [3.8, 4) is 11.5 Å². The highest BCUT2D eigenvalue weighted by Crippen LogP contribution is 2.31. The van der Waals surface area contributed by atoms with Gasteiger partial charge in [0.1, 0.15) is 18.1 Å². The van der Waals surface area contributed by atoms with Gasteiger partial charge in [0.25, 0.3) is 0 Å². The number of nitrogens with zero attached hydrogens (tertiary/aromatic N) is 1. The lowest BCUT2D eigenvalue weighted by Gasteiger charge is -2.22. The fraction of sp³-hybridized carbons (Fsp3) is 0.556. The van der Waals surface area contributed by atoms with Crippen molar-refractivity contribution in [2.45, 2.75) is 26.2 Å². The molecule has 0 heterocycles. The van der Waals surface area contributed by atoms with Gasteiger partial charge in [-0.2, -0.15) is 0 Å². The van der Waals surface area contributed by atoms with Crippen LogP contribution < -0.4 is 9.47 Å². The highest BCUT2D eigenvalue weighted by molar-refractivity contribution is 5.81. The summed E-state index contributed by atoms with van der Waals surface area (Å²) < 4.78 is 15.7. The molecule has 1 fully saturated rings. The van der Waals surface area contributed by atoms with Gasteiger partial charge in [-0.25, -0.2) is 0 Å². The Morgan fingerprint density at radius 2 is 1.79 bits per heavy atom. The second-order valence-electron chi connectivity index (χ2n) is 5.68. The number of esters is 1. The summed E-state index contributed by atoms with van der Waals surface area (Å²) in [5, 5.41) is 0. The van der Waals surface area contributed by atoms with Crippen LogP contribution >= 0.6 is 0 Å². The van der Waals surface area contributed by atoms with Crippen LogP contribution in [0.5, 0.6) is 11.5 Å². The van der Waals surface area contributed by atoms with Crippen molar-refractivity contribution in [1.29, 1.82) is 0 Å². The SMILES string of the molecule is CCOC(=O)CCN(CCOc1ccc(OC)cc1)C(=O)C1CC1. The van der Waals surface area contributed by atoms with E-state index in [0.717, 1.165) is 24.3 Å². The maximum atomic E-state index is 12.3. The van der Waals surface area contributed by atoms with Gasteiger partial charge in [0.15, 0.2) is 0 Å². The van der Waals surface area contributed by atoms with Gasteiger partial charge in [-0.3, -0.25) is 9.59 Å². The first-order chi connectivity index (χ1) is 11.6. The Bertz CT molecular complexity index is 539. The lowest BCUT2D eigenvalue weighted by atomic mass is 10.3. The van der Waals surface area contributed by atoms with Gasteiger partial charge >= 0.3 is 5.97 Å². The number of ether oxygens (including phenoxy) is 3. The summed E-state index contributed by atoms with van der Waals surface area (Å²) in [6.07, 6.45) is 2.09. The molecule has 2 rings (SSSR count). The molecule has 1 saturated carbocycles. The Morgan fingerprint density at radius 1 is 1.12 bits per heavy atom. The van der Waals surface area contributed by atoms with Crippen LogP contribution in [0.25, 0.3) is 0 Å². The van der Waals surface area contributed by atoms with Crippen LogP contribution in [0.4, 0.5) is 0 Å². The van der Waals surface area contributed by atoms with Gasteiger partial charge < -0.3 is 19.1 Å². The molecule has 0 aliphatic heterocycles. The molecule has 132 valence electrons. The van der Waals surface area contributed by atoms with E-state index in [1.165, 1.54) is 0 Å². The van der Waals surface area contributed by atoms with Crippen molar-refractivity contribution in [3.63, 3.8) is 0 Å². The van der Waals surface area contributed by atoms with Crippen LogP contribution in [-0.4, -0.2) is 50.2 Å². The molecule has 0 radical (unpaired) electrons. The molecular weight excluding hydrogens is 310 g/mol. The predicted molar refractivity (Wildman–Crippen MR) is 89.0 cm³/mol. The molecule has 0 spiro atoms. The topological polar surface area (TPSA) is 65.1 Å². The minimum absolute atomic E-state index is 0.109. The van der Waals surface area contributed by atoms with E-state index in [-0.39, 0.29) is 24.2 Å². The molecule has 6 nitrogen and oxygen atoms in total. The highest BCUT2D eigenvalue weighted by Gasteiger charge is 2.33. The monoisotopic (exact) mass is 335 g/mol. The fourth-order valence-corrected chi connectivity index (χ4v) is 2.33. The first-order valence-corrected chi connectivity index (χ1v) is 8.35. The van der Waals surface area contributed by atoms with E-state index in [4.69, 9.17) is 14.2 Å². The van der Waals surface area contributed by atoms with Crippen LogP contribution in [-0.2, 0) is 14.3 Å². The Kier molecular flexibility index (Phi) is 6.90. The Labute approximate surface area is 142 Å². The van der Waals surface area contributed by atoms with Crippen molar-refractivity contribution in [2.24, 2.45) is 5.92 Å². The lowest BCUT2D eigenvalue weighted by Crippen LogP contribution is -2.37. The van der Waals surface area contributed by atoms with Crippen molar-refractivity contribution in [1.82, 2.24) is 4.90 Å². The molecule has 0 unspecified atom stereocenters. The standard InChI is InChI=1S/C18H25NO5/c1-3-23-17(20)10-11-19(18(21)14-4-5-14)12-13-24-16-8-6-15(22-2)7-9-16/h6-9,14H,3-5,10-13H2,1-2H3. The molecule has 0 atom stereocenters. The summed E-state index contributed by atoms with van der Waals surface area (Å²) in [6.45, 7) is 3.35. The summed E-state index contributed by atoms with van der Waals surface area (Å²) in [5.41, 5.74) is 0. The molecule has 0 saturated heterocycles. The first-order valence-electron chi connectivity index (χ1n) is 8.35. The number of amides is 1. The zero-order valence-corrected chi connectivity index (χ0v) is 14.3. The van der Waals surface area contributed by atoms with Crippen LogP contribution in [0, 0.1) is 5.92 Å². The molecule has 1 aliphatic carbocycles. The summed E-state index contributed by atoms with van der Waals surface area (Å²) in [7, 11) is 1.61.